The Balaban J connectivity index is 2.48. The highest BCUT2D eigenvalue weighted by Gasteiger charge is 2.31. The summed E-state index contributed by atoms with van der Waals surface area (Å²) in [6.07, 6.45) is 5.33. The minimum absolute atomic E-state index is 0.194. The van der Waals surface area contributed by atoms with Crippen molar-refractivity contribution in [2.75, 3.05) is 19.7 Å². The van der Waals surface area contributed by atoms with E-state index in [1.807, 2.05) is 13.8 Å². The maximum Gasteiger partial charge on any atom is 0.0769 e. The Hall–Kier alpha value is -0.120. The molecule has 0 aromatic heterocycles. The molecule has 1 fully saturated rings. The fraction of sp³-hybridized carbons (Fsp3) is 1.00. The van der Waals surface area contributed by atoms with E-state index in [0.717, 1.165) is 12.8 Å². The summed E-state index contributed by atoms with van der Waals surface area (Å²) in [6, 6.07) is 0.599. The van der Waals surface area contributed by atoms with Gasteiger partial charge < -0.3 is 10.2 Å². The predicted molar refractivity (Wildman–Crippen MR) is 61.8 cm³/mol. The van der Waals surface area contributed by atoms with Gasteiger partial charge in [-0.15, -0.1) is 0 Å². The maximum atomic E-state index is 10.3. The molecule has 1 saturated carbocycles. The summed E-state index contributed by atoms with van der Waals surface area (Å²) >= 11 is 0. The fourth-order valence-electron chi connectivity index (χ4n) is 2.12. The first-order valence-electron chi connectivity index (χ1n) is 6.22. The standard InChI is InChI=1S/C12H25NO2/c1-3-12(15,4-2)10-13(8-9-14)11-6-5-7-11/h11,14-15H,3-10H2,1-2H3. The molecule has 0 spiro atoms. The van der Waals surface area contributed by atoms with Crippen LogP contribution in [0, 0.1) is 0 Å². The molecular formula is C12H25NO2. The van der Waals surface area contributed by atoms with Crippen molar-refractivity contribution in [1.29, 1.82) is 0 Å². The average Bonchev–Trinajstić information content (AvgIpc) is 2.15. The largest absolute Gasteiger partial charge is 0.395 e. The van der Waals surface area contributed by atoms with Gasteiger partial charge in [0.1, 0.15) is 0 Å². The first kappa shape index (κ1) is 12.9. The van der Waals surface area contributed by atoms with E-state index in [1.165, 1.54) is 19.3 Å². The van der Waals surface area contributed by atoms with E-state index in [9.17, 15) is 5.11 Å². The van der Waals surface area contributed by atoms with Gasteiger partial charge in [-0.05, 0) is 25.7 Å². The molecule has 1 aliphatic rings. The summed E-state index contributed by atoms with van der Waals surface area (Å²) in [5, 5.41) is 19.3. The minimum atomic E-state index is -0.565. The monoisotopic (exact) mass is 215 g/mol. The third kappa shape index (κ3) is 3.44. The first-order chi connectivity index (χ1) is 7.15. The van der Waals surface area contributed by atoms with Crippen LogP contribution >= 0.6 is 0 Å². The highest BCUT2D eigenvalue weighted by Crippen LogP contribution is 2.27. The summed E-state index contributed by atoms with van der Waals surface area (Å²) in [6.45, 7) is 5.67. The van der Waals surface area contributed by atoms with Crippen molar-refractivity contribution in [3.05, 3.63) is 0 Å². The lowest BCUT2D eigenvalue weighted by molar-refractivity contribution is -0.0301. The van der Waals surface area contributed by atoms with Gasteiger partial charge >= 0.3 is 0 Å². The highest BCUT2D eigenvalue weighted by molar-refractivity contribution is 4.86. The summed E-state index contributed by atoms with van der Waals surface area (Å²) in [5.41, 5.74) is -0.565. The molecule has 3 heteroatoms. The molecule has 1 rings (SSSR count). The zero-order chi connectivity index (χ0) is 11.3. The summed E-state index contributed by atoms with van der Waals surface area (Å²) in [5.74, 6) is 0. The molecule has 1 aliphatic carbocycles. The summed E-state index contributed by atoms with van der Waals surface area (Å²) in [4.78, 5) is 2.26. The molecule has 2 N–H and O–H groups in total. The van der Waals surface area contributed by atoms with Crippen LogP contribution < -0.4 is 0 Å². The smallest absolute Gasteiger partial charge is 0.0769 e. The molecule has 3 nitrogen and oxygen atoms in total. The highest BCUT2D eigenvalue weighted by atomic mass is 16.3. The Bertz CT molecular complexity index is 176. The van der Waals surface area contributed by atoms with Crippen LogP contribution in [0.25, 0.3) is 0 Å². The maximum absolute atomic E-state index is 10.3. The van der Waals surface area contributed by atoms with Crippen LogP contribution in [0.2, 0.25) is 0 Å². The van der Waals surface area contributed by atoms with E-state index >= 15 is 0 Å². The number of nitrogens with zero attached hydrogens (tertiary/aromatic N) is 1. The number of rotatable bonds is 7. The van der Waals surface area contributed by atoms with Crippen molar-refractivity contribution in [3.63, 3.8) is 0 Å². The Morgan fingerprint density at radius 2 is 1.87 bits per heavy atom. The van der Waals surface area contributed by atoms with E-state index < -0.39 is 5.60 Å². The van der Waals surface area contributed by atoms with E-state index in [2.05, 4.69) is 4.90 Å². The van der Waals surface area contributed by atoms with Crippen LogP contribution in [0.1, 0.15) is 46.0 Å². The van der Waals surface area contributed by atoms with Gasteiger partial charge in [0.15, 0.2) is 0 Å². The normalized spacial score (nSPS) is 18.2. The first-order valence-corrected chi connectivity index (χ1v) is 6.22. The van der Waals surface area contributed by atoms with Crippen molar-refractivity contribution in [1.82, 2.24) is 4.90 Å². The number of hydrogen-bond acceptors (Lipinski definition) is 3. The Kier molecular flexibility index (Phi) is 5.03. The van der Waals surface area contributed by atoms with Crippen LogP contribution in [0.5, 0.6) is 0 Å². The third-order valence-corrected chi connectivity index (χ3v) is 3.79. The van der Waals surface area contributed by atoms with Gasteiger partial charge in [0.2, 0.25) is 0 Å². The van der Waals surface area contributed by atoms with Gasteiger partial charge in [-0.3, -0.25) is 4.90 Å². The lowest BCUT2D eigenvalue weighted by atomic mass is 9.89. The minimum Gasteiger partial charge on any atom is -0.395 e. The molecule has 0 heterocycles. The molecule has 0 aromatic carbocycles. The van der Waals surface area contributed by atoms with Crippen molar-refractivity contribution < 1.29 is 10.2 Å². The van der Waals surface area contributed by atoms with E-state index in [0.29, 0.717) is 19.1 Å². The average molecular weight is 215 g/mol. The number of aliphatic hydroxyl groups is 2. The molecule has 0 saturated heterocycles. The van der Waals surface area contributed by atoms with E-state index in [1.54, 1.807) is 0 Å². The fourth-order valence-corrected chi connectivity index (χ4v) is 2.12. The van der Waals surface area contributed by atoms with Crippen LogP contribution in [-0.4, -0.2) is 46.5 Å². The van der Waals surface area contributed by atoms with E-state index in [-0.39, 0.29) is 6.61 Å². The van der Waals surface area contributed by atoms with E-state index in [4.69, 9.17) is 5.11 Å². The number of hydrogen-bond donors (Lipinski definition) is 2. The van der Waals surface area contributed by atoms with Crippen LogP contribution in [0.4, 0.5) is 0 Å². The Morgan fingerprint density at radius 3 is 2.20 bits per heavy atom. The van der Waals surface area contributed by atoms with Crippen molar-refractivity contribution in [3.8, 4) is 0 Å². The van der Waals surface area contributed by atoms with Gasteiger partial charge in [-0.2, -0.15) is 0 Å². The molecule has 0 radical (unpaired) electrons. The van der Waals surface area contributed by atoms with Crippen molar-refractivity contribution in [2.45, 2.75) is 57.6 Å². The topological polar surface area (TPSA) is 43.7 Å². The molecule has 0 aromatic rings. The molecule has 0 atom stereocenters. The summed E-state index contributed by atoms with van der Waals surface area (Å²) in [7, 11) is 0. The van der Waals surface area contributed by atoms with Crippen molar-refractivity contribution >= 4 is 0 Å². The third-order valence-electron chi connectivity index (χ3n) is 3.79. The Labute approximate surface area is 93.1 Å². The van der Waals surface area contributed by atoms with Crippen LogP contribution in [0.3, 0.4) is 0 Å². The lowest BCUT2D eigenvalue weighted by Crippen LogP contribution is -2.50. The molecule has 15 heavy (non-hydrogen) atoms. The van der Waals surface area contributed by atoms with Crippen molar-refractivity contribution in [2.24, 2.45) is 0 Å². The molecule has 0 amide bonds. The second-order valence-corrected chi connectivity index (χ2v) is 4.71. The van der Waals surface area contributed by atoms with Gasteiger partial charge in [0, 0.05) is 19.1 Å². The molecular weight excluding hydrogens is 190 g/mol. The van der Waals surface area contributed by atoms with Crippen LogP contribution in [0.15, 0.2) is 0 Å². The Morgan fingerprint density at radius 1 is 1.27 bits per heavy atom. The summed E-state index contributed by atoms with van der Waals surface area (Å²) < 4.78 is 0. The molecule has 0 bridgehead atoms. The number of aliphatic hydroxyl groups excluding tert-OH is 1. The quantitative estimate of drug-likeness (QED) is 0.674. The van der Waals surface area contributed by atoms with Gasteiger partial charge in [-0.1, -0.05) is 20.3 Å². The van der Waals surface area contributed by atoms with Crippen LogP contribution in [-0.2, 0) is 0 Å². The molecule has 0 aliphatic heterocycles. The molecule has 90 valence electrons. The second kappa shape index (κ2) is 5.83. The lowest BCUT2D eigenvalue weighted by Gasteiger charge is -2.41. The second-order valence-electron chi connectivity index (χ2n) is 4.71. The van der Waals surface area contributed by atoms with Gasteiger partial charge in [0.25, 0.3) is 0 Å². The zero-order valence-electron chi connectivity index (χ0n) is 10.1. The van der Waals surface area contributed by atoms with Gasteiger partial charge in [0.05, 0.1) is 12.2 Å². The zero-order valence-corrected chi connectivity index (χ0v) is 10.1. The predicted octanol–water partition coefficient (Wildman–Crippen LogP) is 1.38. The van der Waals surface area contributed by atoms with Gasteiger partial charge in [-0.25, -0.2) is 0 Å². The SMILES string of the molecule is CCC(O)(CC)CN(CCO)C1CCC1. The molecule has 0 unspecified atom stereocenters.